The molecule has 13 heavy (non-hydrogen) atoms. The molecular formula is C10H20N2S. The maximum Gasteiger partial charge on any atom is 0.0285 e. The fourth-order valence-corrected chi connectivity index (χ4v) is 3.02. The van der Waals surface area contributed by atoms with Crippen molar-refractivity contribution >= 4 is 11.8 Å². The van der Waals surface area contributed by atoms with E-state index in [4.69, 9.17) is 5.73 Å². The van der Waals surface area contributed by atoms with Crippen LogP contribution in [0.5, 0.6) is 0 Å². The molecule has 1 aliphatic heterocycles. The monoisotopic (exact) mass is 200 g/mol. The van der Waals surface area contributed by atoms with Crippen molar-refractivity contribution in [3.05, 3.63) is 0 Å². The number of hydrogen-bond acceptors (Lipinski definition) is 3. The summed E-state index contributed by atoms with van der Waals surface area (Å²) >= 11 is 2.05. The molecule has 1 heterocycles. The summed E-state index contributed by atoms with van der Waals surface area (Å²) in [7, 11) is 0. The quantitative estimate of drug-likeness (QED) is 0.741. The predicted molar refractivity (Wildman–Crippen MR) is 59.1 cm³/mol. The Labute approximate surface area is 85.2 Å². The summed E-state index contributed by atoms with van der Waals surface area (Å²) in [5.41, 5.74) is 6.00. The lowest BCUT2D eigenvalue weighted by molar-refractivity contribution is 0.322. The van der Waals surface area contributed by atoms with E-state index < -0.39 is 0 Å². The summed E-state index contributed by atoms with van der Waals surface area (Å²) in [5.74, 6) is 0.692. The van der Waals surface area contributed by atoms with E-state index >= 15 is 0 Å². The highest BCUT2D eigenvalue weighted by atomic mass is 32.2. The average molecular weight is 200 g/mol. The van der Waals surface area contributed by atoms with Crippen molar-refractivity contribution < 1.29 is 0 Å². The Hall–Kier alpha value is 0.270. The van der Waals surface area contributed by atoms with Crippen LogP contribution >= 0.6 is 11.8 Å². The standard InChI is InChI=1S/C10H20N2S/c1-8-5-12(6-9(8)11)7-10(13-2)3-4-10/h8-9H,3-7,11H2,1-2H3. The summed E-state index contributed by atoms with van der Waals surface area (Å²) in [6.07, 6.45) is 5.06. The van der Waals surface area contributed by atoms with Crippen molar-refractivity contribution in [2.24, 2.45) is 11.7 Å². The van der Waals surface area contributed by atoms with E-state index in [-0.39, 0.29) is 0 Å². The Morgan fingerprint density at radius 1 is 1.46 bits per heavy atom. The van der Waals surface area contributed by atoms with Crippen LogP contribution in [0, 0.1) is 5.92 Å². The normalized spacial score (nSPS) is 38.1. The SMILES string of the molecule is CSC1(CN2CC(C)C(N)C2)CC1. The fraction of sp³-hybridized carbons (Fsp3) is 1.00. The lowest BCUT2D eigenvalue weighted by Crippen LogP contribution is -2.32. The average Bonchev–Trinajstić information content (AvgIpc) is 2.78. The topological polar surface area (TPSA) is 29.3 Å². The number of thioether (sulfide) groups is 1. The summed E-state index contributed by atoms with van der Waals surface area (Å²) in [6, 6.07) is 0.414. The molecule has 76 valence electrons. The molecule has 0 radical (unpaired) electrons. The van der Waals surface area contributed by atoms with Gasteiger partial charge < -0.3 is 10.6 Å². The summed E-state index contributed by atoms with van der Waals surface area (Å²) in [6.45, 7) is 5.86. The van der Waals surface area contributed by atoms with Gasteiger partial charge >= 0.3 is 0 Å². The van der Waals surface area contributed by atoms with Gasteiger partial charge in [-0.15, -0.1) is 0 Å². The molecule has 0 aromatic rings. The molecule has 2 nitrogen and oxygen atoms in total. The van der Waals surface area contributed by atoms with Gasteiger partial charge in [-0.1, -0.05) is 6.92 Å². The highest BCUT2D eigenvalue weighted by Gasteiger charge is 2.44. The van der Waals surface area contributed by atoms with Gasteiger partial charge in [-0.3, -0.25) is 0 Å². The van der Waals surface area contributed by atoms with Crippen molar-refractivity contribution in [3.8, 4) is 0 Å². The van der Waals surface area contributed by atoms with Gasteiger partial charge in [0, 0.05) is 30.4 Å². The van der Waals surface area contributed by atoms with Crippen LogP contribution in [0.3, 0.4) is 0 Å². The van der Waals surface area contributed by atoms with Crippen LogP contribution in [0.1, 0.15) is 19.8 Å². The predicted octanol–water partition coefficient (Wildman–Crippen LogP) is 1.16. The first-order valence-electron chi connectivity index (χ1n) is 5.18. The van der Waals surface area contributed by atoms with Crippen LogP contribution in [0.25, 0.3) is 0 Å². The third-order valence-corrected chi connectivity index (χ3v) is 4.90. The van der Waals surface area contributed by atoms with Gasteiger partial charge in [-0.05, 0) is 25.0 Å². The molecule has 2 unspecified atom stereocenters. The minimum Gasteiger partial charge on any atom is -0.326 e. The van der Waals surface area contributed by atoms with Gasteiger partial charge in [-0.2, -0.15) is 11.8 Å². The second kappa shape index (κ2) is 3.44. The van der Waals surface area contributed by atoms with Gasteiger partial charge in [-0.25, -0.2) is 0 Å². The van der Waals surface area contributed by atoms with Gasteiger partial charge in [0.25, 0.3) is 0 Å². The first-order chi connectivity index (χ1) is 6.15. The zero-order chi connectivity index (χ0) is 9.47. The Morgan fingerprint density at radius 2 is 2.15 bits per heavy atom. The second-order valence-electron chi connectivity index (χ2n) is 4.72. The highest BCUT2D eigenvalue weighted by molar-refractivity contribution is 8.00. The summed E-state index contributed by atoms with van der Waals surface area (Å²) < 4.78 is 0.615. The van der Waals surface area contributed by atoms with Crippen LogP contribution in [0.2, 0.25) is 0 Å². The summed E-state index contributed by atoms with van der Waals surface area (Å²) in [4.78, 5) is 2.55. The Balaban J connectivity index is 1.83. The smallest absolute Gasteiger partial charge is 0.0285 e. The van der Waals surface area contributed by atoms with Gasteiger partial charge in [0.15, 0.2) is 0 Å². The number of nitrogens with two attached hydrogens (primary N) is 1. The number of hydrogen-bond donors (Lipinski definition) is 1. The molecule has 0 aromatic carbocycles. The zero-order valence-electron chi connectivity index (χ0n) is 8.62. The van der Waals surface area contributed by atoms with E-state index in [1.165, 1.54) is 25.9 Å². The van der Waals surface area contributed by atoms with Crippen molar-refractivity contribution in [1.29, 1.82) is 0 Å². The van der Waals surface area contributed by atoms with Crippen LogP contribution in [0.4, 0.5) is 0 Å². The third-order valence-electron chi connectivity index (χ3n) is 3.50. The maximum atomic E-state index is 6.00. The van der Waals surface area contributed by atoms with E-state index in [0.29, 0.717) is 16.7 Å². The van der Waals surface area contributed by atoms with Crippen molar-refractivity contribution in [2.75, 3.05) is 25.9 Å². The molecule has 0 amide bonds. The van der Waals surface area contributed by atoms with E-state index in [1.807, 2.05) is 11.8 Å². The molecule has 1 saturated carbocycles. The lowest BCUT2D eigenvalue weighted by atomic mass is 10.1. The molecule has 1 aliphatic carbocycles. The molecule has 2 atom stereocenters. The van der Waals surface area contributed by atoms with Crippen molar-refractivity contribution in [1.82, 2.24) is 4.90 Å². The molecule has 2 rings (SSSR count). The molecule has 0 spiro atoms. The van der Waals surface area contributed by atoms with Crippen LogP contribution in [-0.4, -0.2) is 41.6 Å². The van der Waals surface area contributed by atoms with Crippen LogP contribution < -0.4 is 5.73 Å². The number of rotatable bonds is 3. The van der Waals surface area contributed by atoms with Gasteiger partial charge in [0.05, 0.1) is 0 Å². The minimum atomic E-state index is 0.414. The first-order valence-corrected chi connectivity index (χ1v) is 6.41. The largest absolute Gasteiger partial charge is 0.326 e. The van der Waals surface area contributed by atoms with E-state index in [2.05, 4.69) is 18.1 Å². The molecule has 0 bridgehead atoms. The van der Waals surface area contributed by atoms with E-state index in [1.54, 1.807) is 0 Å². The zero-order valence-corrected chi connectivity index (χ0v) is 9.44. The molecule has 2 fully saturated rings. The van der Waals surface area contributed by atoms with Crippen molar-refractivity contribution in [2.45, 2.75) is 30.6 Å². The minimum absolute atomic E-state index is 0.414. The van der Waals surface area contributed by atoms with E-state index in [9.17, 15) is 0 Å². The van der Waals surface area contributed by atoms with Gasteiger partial charge in [0.2, 0.25) is 0 Å². The first kappa shape index (κ1) is 9.81. The number of nitrogens with zero attached hydrogens (tertiary/aromatic N) is 1. The molecule has 2 N–H and O–H groups in total. The molecular weight excluding hydrogens is 180 g/mol. The summed E-state index contributed by atoms with van der Waals surface area (Å²) in [5, 5.41) is 0. The third kappa shape index (κ3) is 2.03. The maximum absolute atomic E-state index is 6.00. The Kier molecular flexibility index (Phi) is 2.60. The molecule has 2 aliphatic rings. The lowest BCUT2D eigenvalue weighted by Gasteiger charge is -2.21. The van der Waals surface area contributed by atoms with Gasteiger partial charge in [0.1, 0.15) is 0 Å². The van der Waals surface area contributed by atoms with Crippen molar-refractivity contribution in [3.63, 3.8) is 0 Å². The fourth-order valence-electron chi connectivity index (χ4n) is 2.20. The van der Waals surface area contributed by atoms with E-state index in [0.717, 1.165) is 6.54 Å². The molecule has 3 heteroatoms. The van der Waals surface area contributed by atoms with Crippen LogP contribution in [-0.2, 0) is 0 Å². The Morgan fingerprint density at radius 3 is 2.54 bits per heavy atom. The van der Waals surface area contributed by atoms with Crippen LogP contribution in [0.15, 0.2) is 0 Å². The second-order valence-corrected chi connectivity index (χ2v) is 6.00. The number of likely N-dealkylation sites (tertiary alicyclic amines) is 1. The Bertz CT molecular complexity index is 181. The molecule has 1 saturated heterocycles. The molecule has 0 aromatic heterocycles. The highest BCUT2D eigenvalue weighted by Crippen LogP contribution is 2.48.